The number of anilines is 1. The van der Waals surface area contributed by atoms with Gasteiger partial charge in [-0.2, -0.15) is 13.2 Å². The summed E-state index contributed by atoms with van der Waals surface area (Å²) < 4.78 is 43.6. The first kappa shape index (κ1) is 14.3. The zero-order valence-electron chi connectivity index (χ0n) is 9.27. The van der Waals surface area contributed by atoms with E-state index in [0.29, 0.717) is 24.2 Å². The lowest BCUT2D eigenvalue weighted by Gasteiger charge is -2.14. The van der Waals surface area contributed by atoms with Crippen LogP contribution in [-0.2, 0) is 10.9 Å². The van der Waals surface area contributed by atoms with Crippen molar-refractivity contribution in [2.45, 2.75) is 13.1 Å². The molecule has 0 bridgehead atoms. The molecule has 1 N–H and O–H groups in total. The molecule has 6 heteroatoms. The fourth-order valence-corrected chi connectivity index (χ4v) is 1.67. The van der Waals surface area contributed by atoms with Gasteiger partial charge >= 0.3 is 6.18 Å². The maximum absolute atomic E-state index is 12.7. The molecule has 0 aliphatic rings. The summed E-state index contributed by atoms with van der Waals surface area (Å²) in [6.07, 6.45) is -4.36. The summed E-state index contributed by atoms with van der Waals surface area (Å²) in [6.45, 7) is 3.11. The third-order valence-corrected chi connectivity index (χ3v) is 2.55. The SMILES string of the molecule is CCOCCNc1ccc(Br)cc1C(F)(F)F. The quantitative estimate of drug-likeness (QED) is 0.832. The summed E-state index contributed by atoms with van der Waals surface area (Å²) in [5, 5.41) is 2.72. The first-order valence-corrected chi connectivity index (χ1v) is 5.92. The van der Waals surface area contributed by atoms with E-state index in [2.05, 4.69) is 21.2 Å². The molecule has 0 saturated carbocycles. The normalized spacial score (nSPS) is 11.6. The van der Waals surface area contributed by atoms with Gasteiger partial charge in [-0.1, -0.05) is 15.9 Å². The highest BCUT2D eigenvalue weighted by Crippen LogP contribution is 2.36. The van der Waals surface area contributed by atoms with Gasteiger partial charge in [-0.15, -0.1) is 0 Å². The average Bonchev–Trinajstić information content (AvgIpc) is 2.25. The molecule has 0 unspecified atom stereocenters. The Morgan fingerprint density at radius 3 is 2.65 bits per heavy atom. The van der Waals surface area contributed by atoms with E-state index in [1.165, 1.54) is 6.07 Å². The summed E-state index contributed by atoms with van der Waals surface area (Å²) in [7, 11) is 0. The van der Waals surface area contributed by atoms with Gasteiger partial charge in [-0.25, -0.2) is 0 Å². The molecule has 0 aromatic heterocycles. The van der Waals surface area contributed by atoms with Crippen molar-refractivity contribution in [3.63, 3.8) is 0 Å². The second-order valence-electron chi connectivity index (χ2n) is 3.31. The van der Waals surface area contributed by atoms with Gasteiger partial charge in [0, 0.05) is 23.3 Å². The van der Waals surface area contributed by atoms with E-state index in [9.17, 15) is 13.2 Å². The van der Waals surface area contributed by atoms with Gasteiger partial charge in [0.25, 0.3) is 0 Å². The highest BCUT2D eigenvalue weighted by molar-refractivity contribution is 9.10. The summed E-state index contributed by atoms with van der Waals surface area (Å²) >= 11 is 3.03. The Morgan fingerprint density at radius 1 is 1.35 bits per heavy atom. The van der Waals surface area contributed by atoms with E-state index >= 15 is 0 Å². The highest BCUT2D eigenvalue weighted by Gasteiger charge is 2.33. The maximum atomic E-state index is 12.7. The Morgan fingerprint density at radius 2 is 2.06 bits per heavy atom. The van der Waals surface area contributed by atoms with E-state index in [1.807, 2.05) is 6.92 Å². The molecular weight excluding hydrogens is 299 g/mol. The minimum absolute atomic E-state index is 0.0698. The predicted molar refractivity (Wildman–Crippen MR) is 64.1 cm³/mol. The van der Waals surface area contributed by atoms with Crippen LogP contribution in [0.3, 0.4) is 0 Å². The summed E-state index contributed by atoms with van der Waals surface area (Å²) in [5.41, 5.74) is -0.608. The maximum Gasteiger partial charge on any atom is 0.418 e. The molecule has 17 heavy (non-hydrogen) atoms. The van der Waals surface area contributed by atoms with Gasteiger partial charge in [-0.3, -0.25) is 0 Å². The number of hydrogen-bond donors (Lipinski definition) is 1. The Hall–Kier alpha value is -0.750. The van der Waals surface area contributed by atoms with Crippen LogP contribution in [0.1, 0.15) is 12.5 Å². The van der Waals surface area contributed by atoms with Crippen molar-refractivity contribution >= 4 is 21.6 Å². The van der Waals surface area contributed by atoms with Crippen molar-refractivity contribution in [3.05, 3.63) is 28.2 Å². The Bertz CT molecular complexity index is 368. The van der Waals surface area contributed by atoms with Crippen LogP contribution in [0.2, 0.25) is 0 Å². The van der Waals surface area contributed by atoms with Crippen LogP contribution in [0.25, 0.3) is 0 Å². The molecule has 0 heterocycles. The van der Waals surface area contributed by atoms with Gasteiger partial charge < -0.3 is 10.1 Å². The largest absolute Gasteiger partial charge is 0.418 e. The van der Waals surface area contributed by atoms with Crippen LogP contribution in [0.4, 0.5) is 18.9 Å². The van der Waals surface area contributed by atoms with E-state index in [-0.39, 0.29) is 5.69 Å². The van der Waals surface area contributed by atoms with Crippen LogP contribution >= 0.6 is 15.9 Å². The highest BCUT2D eigenvalue weighted by atomic mass is 79.9. The van der Waals surface area contributed by atoms with Crippen molar-refractivity contribution in [3.8, 4) is 0 Å². The molecular formula is C11H13BrF3NO. The van der Waals surface area contributed by atoms with Crippen molar-refractivity contribution in [1.29, 1.82) is 0 Å². The molecule has 0 atom stereocenters. The zero-order chi connectivity index (χ0) is 12.9. The first-order chi connectivity index (χ1) is 7.95. The monoisotopic (exact) mass is 311 g/mol. The molecule has 0 aliphatic carbocycles. The lowest BCUT2D eigenvalue weighted by atomic mass is 10.1. The smallest absolute Gasteiger partial charge is 0.382 e. The van der Waals surface area contributed by atoms with Crippen LogP contribution < -0.4 is 5.32 Å². The van der Waals surface area contributed by atoms with E-state index in [1.54, 1.807) is 6.07 Å². The number of rotatable bonds is 5. The number of hydrogen-bond acceptors (Lipinski definition) is 2. The van der Waals surface area contributed by atoms with E-state index in [4.69, 9.17) is 4.74 Å². The molecule has 1 aromatic rings. The van der Waals surface area contributed by atoms with E-state index < -0.39 is 11.7 Å². The lowest BCUT2D eigenvalue weighted by molar-refractivity contribution is -0.137. The lowest BCUT2D eigenvalue weighted by Crippen LogP contribution is -2.14. The minimum atomic E-state index is -4.36. The number of alkyl halides is 3. The van der Waals surface area contributed by atoms with E-state index in [0.717, 1.165) is 6.07 Å². The summed E-state index contributed by atoms with van der Waals surface area (Å²) in [6, 6.07) is 4.03. The Balaban J connectivity index is 2.77. The van der Waals surface area contributed by atoms with Crippen LogP contribution in [0.15, 0.2) is 22.7 Å². The summed E-state index contributed by atoms with van der Waals surface area (Å²) in [5.74, 6) is 0. The molecule has 0 spiro atoms. The first-order valence-electron chi connectivity index (χ1n) is 5.13. The van der Waals surface area contributed by atoms with Crippen molar-refractivity contribution < 1.29 is 17.9 Å². The zero-order valence-corrected chi connectivity index (χ0v) is 10.9. The van der Waals surface area contributed by atoms with Gasteiger partial charge in [-0.05, 0) is 25.1 Å². The minimum Gasteiger partial charge on any atom is -0.382 e. The Kier molecular flexibility index (Phi) is 5.27. The molecule has 0 aliphatic heterocycles. The van der Waals surface area contributed by atoms with Crippen LogP contribution in [0.5, 0.6) is 0 Å². The van der Waals surface area contributed by atoms with Gasteiger partial charge in [0.1, 0.15) is 0 Å². The van der Waals surface area contributed by atoms with Crippen molar-refractivity contribution in [1.82, 2.24) is 0 Å². The van der Waals surface area contributed by atoms with Gasteiger partial charge in [0.15, 0.2) is 0 Å². The topological polar surface area (TPSA) is 21.3 Å². The average molecular weight is 312 g/mol. The van der Waals surface area contributed by atoms with Crippen LogP contribution in [0, 0.1) is 0 Å². The van der Waals surface area contributed by atoms with Gasteiger partial charge in [0.2, 0.25) is 0 Å². The number of benzene rings is 1. The molecule has 0 amide bonds. The molecule has 0 radical (unpaired) electrons. The van der Waals surface area contributed by atoms with Crippen LogP contribution in [-0.4, -0.2) is 19.8 Å². The second-order valence-corrected chi connectivity index (χ2v) is 4.23. The molecule has 2 nitrogen and oxygen atoms in total. The Labute approximate surface area is 106 Å². The summed E-state index contributed by atoms with van der Waals surface area (Å²) in [4.78, 5) is 0. The predicted octanol–water partition coefficient (Wildman–Crippen LogP) is 3.92. The standard InChI is InChI=1S/C11H13BrF3NO/c1-2-17-6-5-16-10-4-3-8(12)7-9(10)11(13,14)15/h3-4,7,16H,2,5-6H2,1H3. The van der Waals surface area contributed by atoms with Crippen molar-refractivity contribution in [2.24, 2.45) is 0 Å². The number of ether oxygens (including phenoxy) is 1. The number of halogens is 4. The molecule has 1 rings (SSSR count). The second kappa shape index (κ2) is 6.26. The molecule has 0 fully saturated rings. The van der Waals surface area contributed by atoms with Gasteiger partial charge in [0.05, 0.1) is 12.2 Å². The third-order valence-electron chi connectivity index (χ3n) is 2.05. The molecule has 0 saturated heterocycles. The fraction of sp³-hybridized carbons (Fsp3) is 0.455. The van der Waals surface area contributed by atoms with Crippen molar-refractivity contribution in [2.75, 3.05) is 25.1 Å². The number of nitrogens with one attached hydrogen (secondary N) is 1. The third kappa shape index (κ3) is 4.55. The molecule has 96 valence electrons. The fourth-order valence-electron chi connectivity index (χ4n) is 1.31. The molecule has 1 aromatic carbocycles.